The lowest BCUT2D eigenvalue weighted by Gasteiger charge is -2.08. The highest BCUT2D eigenvalue weighted by atomic mass is 32.1. The van der Waals surface area contributed by atoms with E-state index in [1.807, 2.05) is 17.5 Å². The minimum absolute atomic E-state index is 0.0646. The first-order chi connectivity index (χ1) is 7.86. The number of carbonyl (C=O) groups is 1. The SMILES string of the molecule is O=C(NCC[NH2+]C1CCCC1)c1cccs1. The molecule has 3 N–H and O–H groups in total. The highest BCUT2D eigenvalue weighted by Crippen LogP contribution is 2.14. The van der Waals surface area contributed by atoms with Gasteiger partial charge in [0.25, 0.3) is 5.91 Å². The molecule has 1 heterocycles. The van der Waals surface area contributed by atoms with Crippen molar-refractivity contribution in [3.8, 4) is 0 Å². The number of hydrogen-bond donors (Lipinski definition) is 2. The second kappa shape index (κ2) is 6.01. The molecule has 0 saturated heterocycles. The predicted octanol–water partition coefficient (Wildman–Crippen LogP) is 0.984. The van der Waals surface area contributed by atoms with Crippen molar-refractivity contribution in [1.29, 1.82) is 0 Å². The zero-order chi connectivity index (χ0) is 11.2. The number of thiophene rings is 1. The molecule has 88 valence electrons. The van der Waals surface area contributed by atoms with Gasteiger partial charge in [-0.05, 0) is 37.1 Å². The zero-order valence-corrected chi connectivity index (χ0v) is 10.3. The second-order valence-electron chi connectivity index (χ2n) is 4.30. The third-order valence-electron chi connectivity index (χ3n) is 3.07. The van der Waals surface area contributed by atoms with Crippen LogP contribution in [0.3, 0.4) is 0 Å². The zero-order valence-electron chi connectivity index (χ0n) is 9.45. The Balaban J connectivity index is 1.59. The summed E-state index contributed by atoms with van der Waals surface area (Å²) >= 11 is 1.49. The fourth-order valence-corrected chi connectivity index (χ4v) is 2.83. The van der Waals surface area contributed by atoms with Crippen LogP contribution in [-0.4, -0.2) is 25.0 Å². The standard InChI is InChI=1S/C12H18N2OS/c15-12(11-6-3-9-16-11)14-8-7-13-10-4-1-2-5-10/h3,6,9-10,13H,1-2,4-5,7-8H2,(H,14,15)/p+1. The van der Waals surface area contributed by atoms with Crippen LogP contribution in [0.1, 0.15) is 35.4 Å². The van der Waals surface area contributed by atoms with Crippen LogP contribution < -0.4 is 10.6 Å². The summed E-state index contributed by atoms with van der Waals surface area (Å²) in [5.41, 5.74) is 0. The Kier molecular flexibility index (Phi) is 4.36. The molecule has 4 heteroatoms. The number of rotatable bonds is 5. The Morgan fingerprint density at radius 3 is 3.00 bits per heavy atom. The molecule has 0 bridgehead atoms. The number of amides is 1. The smallest absolute Gasteiger partial charge is 0.261 e. The molecule has 1 aromatic heterocycles. The van der Waals surface area contributed by atoms with E-state index in [4.69, 9.17) is 0 Å². The van der Waals surface area contributed by atoms with Crippen LogP contribution in [0.2, 0.25) is 0 Å². The molecule has 1 aliphatic carbocycles. The van der Waals surface area contributed by atoms with E-state index < -0.39 is 0 Å². The van der Waals surface area contributed by atoms with Gasteiger partial charge in [-0.25, -0.2) is 0 Å². The Labute approximate surface area is 100 Å². The topological polar surface area (TPSA) is 45.7 Å². The molecule has 1 aliphatic rings. The van der Waals surface area contributed by atoms with Crippen LogP contribution in [0.25, 0.3) is 0 Å². The maximum absolute atomic E-state index is 11.6. The minimum atomic E-state index is 0.0646. The van der Waals surface area contributed by atoms with Gasteiger partial charge in [0.2, 0.25) is 0 Å². The van der Waals surface area contributed by atoms with E-state index in [-0.39, 0.29) is 5.91 Å². The number of nitrogens with one attached hydrogen (secondary N) is 1. The molecule has 0 atom stereocenters. The molecule has 1 fully saturated rings. The van der Waals surface area contributed by atoms with Crippen molar-refractivity contribution in [2.45, 2.75) is 31.7 Å². The third-order valence-corrected chi connectivity index (χ3v) is 3.94. The monoisotopic (exact) mass is 239 g/mol. The Bertz CT molecular complexity index is 318. The summed E-state index contributed by atoms with van der Waals surface area (Å²) in [6.07, 6.45) is 5.45. The predicted molar refractivity (Wildman–Crippen MR) is 65.7 cm³/mol. The summed E-state index contributed by atoms with van der Waals surface area (Å²) in [6.45, 7) is 1.77. The lowest BCUT2D eigenvalue weighted by Crippen LogP contribution is -2.90. The first kappa shape index (κ1) is 11.6. The van der Waals surface area contributed by atoms with Gasteiger partial charge in [-0.3, -0.25) is 4.79 Å². The van der Waals surface area contributed by atoms with E-state index in [0.717, 1.165) is 24.0 Å². The van der Waals surface area contributed by atoms with Gasteiger partial charge in [-0.1, -0.05) is 6.07 Å². The lowest BCUT2D eigenvalue weighted by atomic mass is 10.2. The molecule has 1 saturated carbocycles. The molecule has 1 amide bonds. The van der Waals surface area contributed by atoms with Gasteiger partial charge >= 0.3 is 0 Å². The van der Waals surface area contributed by atoms with Gasteiger partial charge in [0.05, 0.1) is 24.0 Å². The van der Waals surface area contributed by atoms with E-state index in [0.29, 0.717) is 0 Å². The van der Waals surface area contributed by atoms with Crippen molar-refractivity contribution in [2.75, 3.05) is 13.1 Å². The number of carbonyl (C=O) groups excluding carboxylic acids is 1. The number of nitrogens with two attached hydrogens (primary N) is 1. The molecule has 0 unspecified atom stereocenters. The van der Waals surface area contributed by atoms with Crippen molar-refractivity contribution >= 4 is 17.2 Å². The average molecular weight is 239 g/mol. The molecule has 0 spiro atoms. The van der Waals surface area contributed by atoms with Gasteiger partial charge in [0, 0.05) is 0 Å². The average Bonchev–Trinajstić information content (AvgIpc) is 2.96. The molecule has 1 aromatic rings. The summed E-state index contributed by atoms with van der Waals surface area (Å²) < 4.78 is 0. The Morgan fingerprint density at radius 2 is 2.31 bits per heavy atom. The first-order valence-corrected chi connectivity index (χ1v) is 6.89. The largest absolute Gasteiger partial charge is 0.346 e. The van der Waals surface area contributed by atoms with Crippen LogP contribution in [0, 0.1) is 0 Å². The molecule has 0 aliphatic heterocycles. The van der Waals surface area contributed by atoms with Gasteiger partial charge < -0.3 is 10.6 Å². The molecule has 3 nitrogen and oxygen atoms in total. The van der Waals surface area contributed by atoms with E-state index in [2.05, 4.69) is 10.6 Å². The fraction of sp³-hybridized carbons (Fsp3) is 0.583. The lowest BCUT2D eigenvalue weighted by molar-refractivity contribution is -0.686. The Hall–Kier alpha value is -0.870. The first-order valence-electron chi connectivity index (χ1n) is 6.01. The highest BCUT2D eigenvalue weighted by molar-refractivity contribution is 7.12. The van der Waals surface area contributed by atoms with E-state index in [1.54, 1.807) is 0 Å². The summed E-state index contributed by atoms with van der Waals surface area (Å²) in [4.78, 5) is 12.4. The minimum Gasteiger partial charge on any atom is -0.346 e. The van der Waals surface area contributed by atoms with E-state index in [9.17, 15) is 4.79 Å². The molecular formula is C12H19N2OS+. The van der Waals surface area contributed by atoms with Crippen LogP contribution in [-0.2, 0) is 0 Å². The highest BCUT2D eigenvalue weighted by Gasteiger charge is 2.17. The van der Waals surface area contributed by atoms with Crippen molar-refractivity contribution in [3.63, 3.8) is 0 Å². The quantitative estimate of drug-likeness (QED) is 0.739. The van der Waals surface area contributed by atoms with Crippen LogP contribution in [0.4, 0.5) is 0 Å². The van der Waals surface area contributed by atoms with Crippen molar-refractivity contribution in [3.05, 3.63) is 22.4 Å². The summed E-state index contributed by atoms with van der Waals surface area (Å²) in [7, 11) is 0. The normalized spacial score (nSPS) is 16.5. The number of hydrogen-bond acceptors (Lipinski definition) is 2. The van der Waals surface area contributed by atoms with Crippen molar-refractivity contribution in [2.24, 2.45) is 0 Å². The maximum atomic E-state index is 11.6. The Morgan fingerprint density at radius 1 is 1.50 bits per heavy atom. The van der Waals surface area contributed by atoms with Gasteiger partial charge in [-0.2, -0.15) is 0 Å². The molecule has 0 radical (unpaired) electrons. The van der Waals surface area contributed by atoms with Crippen molar-refractivity contribution < 1.29 is 10.1 Å². The molecule has 16 heavy (non-hydrogen) atoms. The van der Waals surface area contributed by atoms with Gasteiger partial charge in [-0.15, -0.1) is 11.3 Å². The third kappa shape index (κ3) is 3.32. The summed E-state index contributed by atoms with van der Waals surface area (Å²) in [5, 5.41) is 7.26. The van der Waals surface area contributed by atoms with Gasteiger partial charge in [0.1, 0.15) is 0 Å². The summed E-state index contributed by atoms with van der Waals surface area (Å²) in [6, 6.07) is 4.57. The summed E-state index contributed by atoms with van der Waals surface area (Å²) in [5.74, 6) is 0.0646. The van der Waals surface area contributed by atoms with Crippen LogP contribution in [0.15, 0.2) is 17.5 Å². The molecule has 0 aromatic carbocycles. The maximum Gasteiger partial charge on any atom is 0.261 e. The van der Waals surface area contributed by atoms with Crippen LogP contribution in [0.5, 0.6) is 0 Å². The van der Waals surface area contributed by atoms with Crippen molar-refractivity contribution in [1.82, 2.24) is 5.32 Å². The van der Waals surface area contributed by atoms with Gasteiger partial charge in [0.15, 0.2) is 0 Å². The number of quaternary nitrogens is 1. The van der Waals surface area contributed by atoms with E-state index >= 15 is 0 Å². The fourth-order valence-electron chi connectivity index (χ4n) is 2.19. The van der Waals surface area contributed by atoms with E-state index in [1.165, 1.54) is 37.0 Å². The molecular weight excluding hydrogens is 220 g/mol. The molecule has 2 rings (SSSR count). The van der Waals surface area contributed by atoms with Crippen LogP contribution >= 0.6 is 11.3 Å². The second-order valence-corrected chi connectivity index (χ2v) is 5.25.